The molecule has 0 aromatic carbocycles. The van der Waals surface area contributed by atoms with Crippen molar-refractivity contribution in [3.8, 4) is 11.8 Å². The summed E-state index contributed by atoms with van der Waals surface area (Å²) in [6, 6.07) is -0.840. The molecule has 0 aromatic rings. The highest BCUT2D eigenvalue weighted by Crippen LogP contribution is 2.54. The molecule has 2 aliphatic rings. The highest BCUT2D eigenvalue weighted by molar-refractivity contribution is 5.72. The van der Waals surface area contributed by atoms with E-state index in [1.807, 2.05) is 0 Å². The maximum absolute atomic E-state index is 11.7. The largest absolute Gasteiger partial charge is 0.480 e. The highest BCUT2D eigenvalue weighted by Gasteiger charge is 2.61. The van der Waals surface area contributed by atoms with Crippen molar-refractivity contribution in [1.29, 1.82) is 0 Å². The minimum absolute atomic E-state index is 0.220. The zero-order valence-electron chi connectivity index (χ0n) is 13.9. The minimum Gasteiger partial charge on any atom is -0.480 e. The van der Waals surface area contributed by atoms with Gasteiger partial charge in [0.1, 0.15) is 6.04 Å². The molecule has 134 valence electrons. The summed E-state index contributed by atoms with van der Waals surface area (Å²) in [5, 5.41) is 11.3. The number of ether oxygens (including phenoxy) is 1. The lowest BCUT2D eigenvalue weighted by molar-refractivity contribution is -0.138. The van der Waals surface area contributed by atoms with Gasteiger partial charge in [0.15, 0.2) is 0 Å². The molecule has 0 aliphatic heterocycles. The quantitative estimate of drug-likeness (QED) is 0.383. The van der Waals surface area contributed by atoms with Crippen molar-refractivity contribution >= 4 is 12.1 Å². The summed E-state index contributed by atoms with van der Waals surface area (Å²) >= 11 is 0. The van der Waals surface area contributed by atoms with Crippen molar-refractivity contribution in [2.24, 2.45) is 23.3 Å². The van der Waals surface area contributed by atoms with Gasteiger partial charge in [-0.2, -0.15) is 0 Å². The van der Waals surface area contributed by atoms with E-state index in [1.165, 1.54) is 0 Å². The van der Waals surface area contributed by atoms with E-state index < -0.39 is 18.1 Å². The second-order valence-corrected chi connectivity index (χ2v) is 6.68. The van der Waals surface area contributed by atoms with Crippen LogP contribution < -0.4 is 16.8 Å². The molecule has 0 aromatic heterocycles. The highest BCUT2D eigenvalue weighted by atomic mass is 16.5. The third-order valence-electron chi connectivity index (χ3n) is 5.07. The number of nitrogens with two attached hydrogens (primary N) is 2. The Morgan fingerprint density at radius 1 is 1.33 bits per heavy atom. The first-order valence-electron chi connectivity index (χ1n) is 8.58. The standard InChI is InChI=1S/C17H27N3O4/c18-14(15(21)22)8-4-6-10-20-16(23)24-11-13-12-7-3-1-2-5-9-17(12,13)19/h12-14H,3-11,18-19H2,(H,20,23)(H,21,22)/t12-,13?,14+,17+/m1/s1. The van der Waals surface area contributed by atoms with Crippen LogP contribution in [-0.4, -0.2) is 41.9 Å². The van der Waals surface area contributed by atoms with Gasteiger partial charge in [0.05, 0.1) is 6.61 Å². The number of hydrogen-bond donors (Lipinski definition) is 4. The fourth-order valence-electron chi connectivity index (χ4n) is 3.44. The molecule has 6 N–H and O–H groups in total. The van der Waals surface area contributed by atoms with Gasteiger partial charge in [-0.1, -0.05) is 0 Å². The average molecular weight is 337 g/mol. The number of alkyl carbamates (subject to hydrolysis) is 1. The number of nitrogens with one attached hydrogen (secondary N) is 1. The number of hydrogen-bond acceptors (Lipinski definition) is 5. The summed E-state index contributed by atoms with van der Waals surface area (Å²) in [5.41, 5.74) is 11.6. The molecule has 0 saturated heterocycles. The number of rotatable bonds is 8. The second-order valence-electron chi connectivity index (χ2n) is 6.68. The number of amides is 1. The Kier molecular flexibility index (Phi) is 6.46. The summed E-state index contributed by atoms with van der Waals surface area (Å²) in [6.07, 6.45) is 4.78. The maximum atomic E-state index is 11.7. The zero-order chi connectivity index (χ0) is 17.6. The third-order valence-corrected chi connectivity index (χ3v) is 5.07. The Morgan fingerprint density at radius 3 is 2.83 bits per heavy atom. The van der Waals surface area contributed by atoms with Gasteiger partial charge in [0, 0.05) is 30.8 Å². The molecule has 0 radical (unpaired) electrons. The number of fused-ring (bicyclic) bond motifs is 1. The van der Waals surface area contributed by atoms with Crippen LogP contribution in [0.2, 0.25) is 0 Å². The van der Waals surface area contributed by atoms with Crippen LogP contribution in [0.3, 0.4) is 0 Å². The van der Waals surface area contributed by atoms with E-state index in [1.54, 1.807) is 0 Å². The normalized spacial score (nSPS) is 29.1. The van der Waals surface area contributed by atoms with E-state index in [9.17, 15) is 9.59 Å². The fraction of sp³-hybridized carbons (Fsp3) is 0.765. The van der Waals surface area contributed by atoms with Crippen LogP contribution in [0.4, 0.5) is 4.79 Å². The molecule has 1 unspecified atom stereocenters. The van der Waals surface area contributed by atoms with Crippen molar-refractivity contribution in [3.05, 3.63) is 0 Å². The molecule has 0 heterocycles. The Bertz CT molecular complexity index is 528. The second kappa shape index (κ2) is 8.36. The molecule has 7 nitrogen and oxygen atoms in total. The Morgan fingerprint density at radius 2 is 2.08 bits per heavy atom. The monoisotopic (exact) mass is 337 g/mol. The first kappa shape index (κ1) is 18.6. The Labute approximate surface area is 142 Å². The number of aliphatic carboxylic acids is 1. The molecule has 1 saturated carbocycles. The smallest absolute Gasteiger partial charge is 0.407 e. The minimum atomic E-state index is -0.999. The SMILES string of the molecule is N[C@@H](CCCCNC(=O)OCC1[C@H]2CCC#CCC[C@@]12N)C(=O)O. The van der Waals surface area contributed by atoms with Gasteiger partial charge < -0.3 is 26.6 Å². The van der Waals surface area contributed by atoms with Gasteiger partial charge in [-0.15, -0.1) is 11.8 Å². The van der Waals surface area contributed by atoms with Crippen LogP contribution in [0.15, 0.2) is 0 Å². The predicted octanol–water partition coefficient (Wildman–Crippen LogP) is 0.816. The molecular formula is C17H27N3O4. The van der Waals surface area contributed by atoms with Gasteiger partial charge >= 0.3 is 12.1 Å². The lowest BCUT2D eigenvalue weighted by Crippen LogP contribution is -2.31. The summed E-state index contributed by atoms with van der Waals surface area (Å²) in [5.74, 6) is 5.87. The van der Waals surface area contributed by atoms with E-state index in [-0.39, 0.29) is 11.5 Å². The van der Waals surface area contributed by atoms with Crippen molar-refractivity contribution in [3.63, 3.8) is 0 Å². The summed E-state index contributed by atoms with van der Waals surface area (Å²) in [7, 11) is 0. The average Bonchev–Trinajstić information content (AvgIpc) is 3.06. The van der Waals surface area contributed by atoms with Crippen molar-refractivity contribution in [2.75, 3.05) is 13.2 Å². The van der Waals surface area contributed by atoms with E-state index in [0.29, 0.717) is 38.3 Å². The summed E-state index contributed by atoms with van der Waals surface area (Å²) in [6.45, 7) is 0.789. The number of unbranched alkanes of at least 4 members (excludes halogenated alkanes) is 1. The van der Waals surface area contributed by atoms with Crippen LogP contribution in [0.5, 0.6) is 0 Å². The van der Waals surface area contributed by atoms with Crippen LogP contribution in [0.1, 0.15) is 44.9 Å². The van der Waals surface area contributed by atoms with Crippen LogP contribution in [0, 0.1) is 23.7 Å². The van der Waals surface area contributed by atoms with Gasteiger partial charge in [0.25, 0.3) is 0 Å². The molecular weight excluding hydrogens is 310 g/mol. The Hall–Kier alpha value is -1.78. The molecule has 7 heteroatoms. The van der Waals surface area contributed by atoms with Gasteiger partial charge in [-0.25, -0.2) is 4.79 Å². The van der Waals surface area contributed by atoms with Crippen molar-refractivity contribution in [1.82, 2.24) is 5.32 Å². The van der Waals surface area contributed by atoms with E-state index >= 15 is 0 Å². The lowest BCUT2D eigenvalue weighted by atomic mass is 10.0. The van der Waals surface area contributed by atoms with E-state index in [0.717, 1.165) is 25.7 Å². The van der Waals surface area contributed by atoms with Crippen molar-refractivity contribution in [2.45, 2.75) is 56.5 Å². The molecule has 1 amide bonds. The van der Waals surface area contributed by atoms with Gasteiger partial charge in [-0.05, 0) is 38.0 Å². The fourth-order valence-corrected chi connectivity index (χ4v) is 3.44. The molecule has 0 bridgehead atoms. The topological polar surface area (TPSA) is 128 Å². The first-order chi connectivity index (χ1) is 11.4. The number of carbonyl (C=O) groups is 2. The number of carbonyl (C=O) groups excluding carboxylic acids is 1. The maximum Gasteiger partial charge on any atom is 0.407 e. The van der Waals surface area contributed by atoms with Gasteiger partial charge in [0.2, 0.25) is 0 Å². The van der Waals surface area contributed by atoms with Gasteiger partial charge in [-0.3, -0.25) is 4.79 Å². The van der Waals surface area contributed by atoms with E-state index in [2.05, 4.69) is 17.2 Å². The first-order valence-corrected chi connectivity index (χ1v) is 8.58. The van der Waals surface area contributed by atoms with Crippen LogP contribution in [0.25, 0.3) is 0 Å². The number of carboxylic acids is 1. The molecule has 24 heavy (non-hydrogen) atoms. The molecule has 2 aliphatic carbocycles. The van der Waals surface area contributed by atoms with E-state index in [4.69, 9.17) is 21.3 Å². The lowest BCUT2D eigenvalue weighted by Gasteiger charge is -2.11. The van der Waals surface area contributed by atoms with Crippen molar-refractivity contribution < 1.29 is 19.4 Å². The third kappa shape index (κ3) is 4.86. The van der Waals surface area contributed by atoms with Crippen LogP contribution in [-0.2, 0) is 9.53 Å². The van der Waals surface area contributed by atoms with Crippen LogP contribution >= 0.6 is 0 Å². The number of carboxylic acid groups (broad SMARTS) is 1. The summed E-state index contributed by atoms with van der Waals surface area (Å²) in [4.78, 5) is 22.3. The summed E-state index contributed by atoms with van der Waals surface area (Å²) < 4.78 is 5.28. The zero-order valence-corrected chi connectivity index (χ0v) is 13.9. The molecule has 1 fully saturated rings. The molecule has 2 rings (SSSR count). The predicted molar refractivity (Wildman–Crippen MR) is 89.0 cm³/mol. The molecule has 0 spiro atoms. The molecule has 4 atom stereocenters. The Balaban J connectivity index is 1.57.